The van der Waals surface area contributed by atoms with Crippen LogP contribution in [0.3, 0.4) is 0 Å². The first-order chi connectivity index (χ1) is 12.3. The third-order valence-electron chi connectivity index (χ3n) is 3.89. The zero-order chi connectivity index (χ0) is 17.3. The summed E-state index contributed by atoms with van der Waals surface area (Å²) in [4.78, 5) is 0. The minimum Gasteiger partial charge on any atom is -0.496 e. The van der Waals surface area contributed by atoms with Crippen LogP contribution in [0.4, 0.5) is 0 Å². The van der Waals surface area contributed by atoms with Gasteiger partial charge < -0.3 is 14.2 Å². The predicted molar refractivity (Wildman–Crippen MR) is 99.4 cm³/mol. The lowest BCUT2D eigenvalue weighted by Gasteiger charge is -2.12. The Kier molecular flexibility index (Phi) is 5.94. The molecule has 3 rings (SSSR count). The summed E-state index contributed by atoms with van der Waals surface area (Å²) in [6.45, 7) is 1.14. The predicted octanol–water partition coefficient (Wildman–Crippen LogP) is 4.90. The lowest BCUT2D eigenvalue weighted by molar-refractivity contribution is 0.301. The maximum Gasteiger partial charge on any atom is 0.125 e. The molecular formula is C22H22O3. The van der Waals surface area contributed by atoms with Crippen LogP contribution in [0.5, 0.6) is 17.2 Å². The zero-order valence-corrected chi connectivity index (χ0v) is 14.4. The van der Waals surface area contributed by atoms with Crippen molar-refractivity contribution in [3.63, 3.8) is 0 Å². The maximum atomic E-state index is 5.85. The molecule has 0 saturated heterocycles. The fourth-order valence-corrected chi connectivity index (χ4v) is 2.56. The second-order valence-electron chi connectivity index (χ2n) is 5.66. The van der Waals surface area contributed by atoms with Gasteiger partial charge in [0.15, 0.2) is 0 Å². The van der Waals surface area contributed by atoms with Crippen LogP contribution in [0.15, 0.2) is 78.9 Å². The lowest BCUT2D eigenvalue weighted by Crippen LogP contribution is -2.03. The number of rotatable bonds is 8. The Morgan fingerprint density at radius 3 is 2.16 bits per heavy atom. The van der Waals surface area contributed by atoms with Crippen molar-refractivity contribution in [1.82, 2.24) is 0 Å². The van der Waals surface area contributed by atoms with E-state index in [0.717, 1.165) is 34.8 Å². The Balaban J connectivity index is 1.57. The van der Waals surface area contributed by atoms with Crippen LogP contribution in [0.2, 0.25) is 0 Å². The van der Waals surface area contributed by atoms with Crippen LogP contribution in [0, 0.1) is 0 Å². The van der Waals surface area contributed by atoms with Crippen molar-refractivity contribution < 1.29 is 14.2 Å². The van der Waals surface area contributed by atoms with E-state index in [4.69, 9.17) is 14.2 Å². The van der Waals surface area contributed by atoms with Crippen LogP contribution in [-0.2, 0) is 13.0 Å². The summed E-state index contributed by atoms with van der Waals surface area (Å²) in [6, 6.07) is 25.9. The summed E-state index contributed by atoms with van der Waals surface area (Å²) in [5.74, 6) is 2.50. The zero-order valence-electron chi connectivity index (χ0n) is 14.4. The molecule has 0 aromatic heterocycles. The van der Waals surface area contributed by atoms with Gasteiger partial charge in [0.25, 0.3) is 0 Å². The Hall–Kier alpha value is -2.94. The fourth-order valence-electron chi connectivity index (χ4n) is 2.56. The molecule has 0 radical (unpaired) electrons. The molecule has 0 saturated carbocycles. The second kappa shape index (κ2) is 8.78. The molecule has 3 nitrogen and oxygen atoms in total. The van der Waals surface area contributed by atoms with E-state index in [9.17, 15) is 0 Å². The van der Waals surface area contributed by atoms with Gasteiger partial charge in [-0.3, -0.25) is 0 Å². The van der Waals surface area contributed by atoms with Crippen LogP contribution >= 0.6 is 0 Å². The first-order valence-corrected chi connectivity index (χ1v) is 8.36. The molecule has 0 atom stereocenters. The van der Waals surface area contributed by atoms with Crippen molar-refractivity contribution in [2.75, 3.05) is 13.7 Å². The molecule has 0 amide bonds. The van der Waals surface area contributed by atoms with E-state index < -0.39 is 0 Å². The molecule has 0 N–H and O–H groups in total. The highest BCUT2D eigenvalue weighted by Gasteiger charge is 2.06. The van der Waals surface area contributed by atoms with Gasteiger partial charge in [0.2, 0.25) is 0 Å². The monoisotopic (exact) mass is 334 g/mol. The Bertz CT molecular complexity index is 770. The summed E-state index contributed by atoms with van der Waals surface area (Å²) in [5.41, 5.74) is 2.24. The normalized spacial score (nSPS) is 10.3. The quantitative estimate of drug-likeness (QED) is 0.587. The largest absolute Gasteiger partial charge is 0.496 e. The highest BCUT2D eigenvalue weighted by atomic mass is 16.5. The lowest BCUT2D eigenvalue weighted by atomic mass is 10.1. The topological polar surface area (TPSA) is 27.7 Å². The third kappa shape index (κ3) is 5.01. The number of para-hydroxylation sites is 1. The van der Waals surface area contributed by atoms with Gasteiger partial charge in [-0.25, -0.2) is 0 Å². The Morgan fingerprint density at radius 2 is 1.44 bits per heavy atom. The highest BCUT2D eigenvalue weighted by Crippen LogP contribution is 2.26. The van der Waals surface area contributed by atoms with Gasteiger partial charge in [-0.1, -0.05) is 54.6 Å². The summed E-state index contributed by atoms with van der Waals surface area (Å²) < 4.78 is 17.1. The molecule has 0 bridgehead atoms. The molecule has 3 aromatic carbocycles. The van der Waals surface area contributed by atoms with E-state index in [1.807, 2.05) is 78.9 Å². The maximum absolute atomic E-state index is 5.85. The van der Waals surface area contributed by atoms with Crippen LogP contribution in [0.25, 0.3) is 0 Å². The van der Waals surface area contributed by atoms with Gasteiger partial charge in [0.05, 0.1) is 13.7 Å². The molecule has 0 unspecified atom stereocenters. The summed E-state index contributed by atoms with van der Waals surface area (Å²) in [5, 5.41) is 0. The molecule has 3 aromatic rings. The van der Waals surface area contributed by atoms with Crippen molar-refractivity contribution in [2.45, 2.75) is 13.0 Å². The molecule has 0 heterocycles. The number of hydrogen-bond acceptors (Lipinski definition) is 3. The summed E-state index contributed by atoms with van der Waals surface area (Å²) in [7, 11) is 1.68. The molecule has 128 valence electrons. The number of ether oxygens (including phenoxy) is 3. The van der Waals surface area contributed by atoms with E-state index in [1.54, 1.807) is 7.11 Å². The molecule has 0 spiro atoms. The van der Waals surface area contributed by atoms with E-state index in [1.165, 1.54) is 0 Å². The molecule has 3 heteroatoms. The van der Waals surface area contributed by atoms with Gasteiger partial charge in [-0.15, -0.1) is 0 Å². The van der Waals surface area contributed by atoms with Gasteiger partial charge in [0.1, 0.15) is 23.9 Å². The summed E-state index contributed by atoms with van der Waals surface area (Å²) in [6.07, 6.45) is 0.775. The first-order valence-electron chi connectivity index (χ1n) is 8.36. The minimum atomic E-state index is 0.542. The third-order valence-corrected chi connectivity index (χ3v) is 3.89. The minimum absolute atomic E-state index is 0.542. The molecule has 0 fully saturated rings. The van der Waals surface area contributed by atoms with Crippen molar-refractivity contribution in [3.8, 4) is 17.2 Å². The first kappa shape index (κ1) is 16.9. The van der Waals surface area contributed by atoms with Gasteiger partial charge >= 0.3 is 0 Å². The molecule has 25 heavy (non-hydrogen) atoms. The van der Waals surface area contributed by atoms with E-state index in [0.29, 0.717) is 13.2 Å². The van der Waals surface area contributed by atoms with Gasteiger partial charge in [0, 0.05) is 12.5 Å². The number of benzene rings is 3. The Morgan fingerprint density at radius 1 is 0.720 bits per heavy atom. The standard InChI is InChI=1S/C22H22O3/c1-23-22-16-21(25-17-18-8-4-2-5-9-18)13-12-19(22)14-15-24-20-10-6-3-7-11-20/h2-13,16H,14-15,17H2,1H3. The molecule has 0 aliphatic heterocycles. The highest BCUT2D eigenvalue weighted by molar-refractivity contribution is 5.41. The summed E-state index contributed by atoms with van der Waals surface area (Å²) >= 11 is 0. The van der Waals surface area contributed by atoms with Gasteiger partial charge in [-0.2, -0.15) is 0 Å². The van der Waals surface area contributed by atoms with Gasteiger partial charge in [-0.05, 0) is 29.3 Å². The van der Waals surface area contributed by atoms with Crippen LogP contribution < -0.4 is 14.2 Å². The molecule has 0 aliphatic rings. The van der Waals surface area contributed by atoms with Crippen molar-refractivity contribution in [1.29, 1.82) is 0 Å². The van der Waals surface area contributed by atoms with E-state index >= 15 is 0 Å². The number of hydrogen-bond donors (Lipinski definition) is 0. The smallest absolute Gasteiger partial charge is 0.125 e. The molecular weight excluding hydrogens is 312 g/mol. The van der Waals surface area contributed by atoms with Crippen molar-refractivity contribution in [3.05, 3.63) is 90.0 Å². The SMILES string of the molecule is COc1cc(OCc2ccccc2)ccc1CCOc1ccccc1. The van der Waals surface area contributed by atoms with E-state index in [-0.39, 0.29) is 0 Å². The van der Waals surface area contributed by atoms with Crippen LogP contribution in [0.1, 0.15) is 11.1 Å². The van der Waals surface area contributed by atoms with Crippen LogP contribution in [-0.4, -0.2) is 13.7 Å². The average molecular weight is 334 g/mol. The molecule has 0 aliphatic carbocycles. The van der Waals surface area contributed by atoms with Crippen molar-refractivity contribution in [2.24, 2.45) is 0 Å². The fraction of sp³-hybridized carbons (Fsp3) is 0.182. The Labute approximate surface area is 148 Å². The van der Waals surface area contributed by atoms with Crippen molar-refractivity contribution >= 4 is 0 Å². The second-order valence-corrected chi connectivity index (χ2v) is 5.66. The average Bonchev–Trinajstić information content (AvgIpc) is 2.68. The van der Waals surface area contributed by atoms with E-state index in [2.05, 4.69) is 0 Å². The number of methoxy groups -OCH3 is 1.